The number of ether oxygens (including phenoxy) is 2. The number of quaternary nitrogens is 1. The molecular weight excluding hydrogens is 384 g/mol. The standard InChI is InChI=1S/C23H26N2O5/c1-4-15-12-25(28)10-9-22-16-7-5-6-8-18(16)24-20(22)19(25)11-17(15)23(22,21(27)29-3)13-30-14(2)26/h4-8,17,19H,9-13H2,1-3H3/b15-4-/t17-,19-,22+,23-,25+/m0/s1. The van der Waals surface area contributed by atoms with Crippen molar-refractivity contribution in [2.45, 2.75) is 38.1 Å². The number of benzene rings is 1. The predicted octanol–water partition coefficient (Wildman–Crippen LogP) is 2.80. The number of carbonyl (C=O) groups is 2. The molecule has 7 heteroatoms. The van der Waals surface area contributed by atoms with Gasteiger partial charge < -0.3 is 19.3 Å². The van der Waals surface area contributed by atoms with E-state index in [0.717, 1.165) is 22.5 Å². The Morgan fingerprint density at radius 2 is 2.13 bits per heavy atom. The minimum Gasteiger partial charge on any atom is -0.632 e. The fourth-order valence-corrected chi connectivity index (χ4v) is 6.74. The van der Waals surface area contributed by atoms with Gasteiger partial charge in [-0.25, -0.2) is 0 Å². The van der Waals surface area contributed by atoms with Gasteiger partial charge in [-0.15, -0.1) is 0 Å². The molecule has 0 spiro atoms. The quantitative estimate of drug-likeness (QED) is 0.331. The first-order chi connectivity index (χ1) is 14.3. The Labute approximate surface area is 175 Å². The molecule has 4 aliphatic rings. The summed E-state index contributed by atoms with van der Waals surface area (Å²) in [7, 11) is 1.38. The van der Waals surface area contributed by atoms with E-state index in [1.807, 2.05) is 37.3 Å². The van der Waals surface area contributed by atoms with Crippen LogP contribution in [0.15, 0.2) is 40.9 Å². The SMILES string of the molecule is C/C=C1/C[N@+]2([O-])CC[C@]34C(=Nc5ccccc53)[C@@H]2C[C@@H]1[C@@]4(COC(C)=O)C(=O)OC. The van der Waals surface area contributed by atoms with Crippen molar-refractivity contribution in [1.82, 2.24) is 0 Å². The van der Waals surface area contributed by atoms with Crippen LogP contribution in [0, 0.1) is 16.5 Å². The van der Waals surface area contributed by atoms with E-state index in [1.54, 1.807) is 0 Å². The van der Waals surface area contributed by atoms with Crippen LogP contribution >= 0.6 is 0 Å². The minimum atomic E-state index is -1.15. The molecule has 3 heterocycles. The fraction of sp³-hybridized carbons (Fsp3) is 0.522. The number of hydrogen-bond acceptors (Lipinski definition) is 6. The molecule has 158 valence electrons. The van der Waals surface area contributed by atoms with Crippen molar-refractivity contribution in [1.29, 1.82) is 0 Å². The maximum Gasteiger partial charge on any atom is 0.317 e. The van der Waals surface area contributed by atoms with E-state index in [1.165, 1.54) is 14.0 Å². The molecule has 0 unspecified atom stereocenters. The number of carbonyl (C=O) groups excluding carboxylic acids is 2. The minimum absolute atomic E-state index is 0.0874. The summed E-state index contributed by atoms with van der Waals surface area (Å²) in [6.07, 6.45) is 2.94. The second-order valence-corrected chi connectivity index (χ2v) is 8.91. The zero-order chi connectivity index (χ0) is 21.3. The smallest absolute Gasteiger partial charge is 0.317 e. The van der Waals surface area contributed by atoms with Gasteiger partial charge in [-0.2, -0.15) is 0 Å². The average Bonchev–Trinajstić information content (AvgIpc) is 3.09. The third-order valence-electron chi connectivity index (χ3n) is 7.93. The lowest BCUT2D eigenvalue weighted by molar-refractivity contribution is -0.901. The summed E-state index contributed by atoms with van der Waals surface area (Å²) in [5.74, 6) is -1.09. The van der Waals surface area contributed by atoms with Crippen LogP contribution in [-0.4, -0.2) is 55.1 Å². The lowest BCUT2D eigenvalue weighted by atomic mass is 9.43. The number of methoxy groups -OCH3 is 1. The van der Waals surface area contributed by atoms with E-state index < -0.39 is 22.8 Å². The average molecular weight is 410 g/mol. The number of allylic oxidation sites excluding steroid dienone is 1. The van der Waals surface area contributed by atoms with Crippen molar-refractivity contribution < 1.29 is 23.7 Å². The molecule has 3 bridgehead atoms. The van der Waals surface area contributed by atoms with Crippen LogP contribution in [-0.2, 0) is 24.5 Å². The number of esters is 2. The molecule has 0 N–H and O–H groups in total. The third kappa shape index (κ3) is 2.09. The predicted molar refractivity (Wildman–Crippen MR) is 110 cm³/mol. The first-order valence-corrected chi connectivity index (χ1v) is 10.5. The molecule has 1 aromatic carbocycles. The number of hydrogen-bond donors (Lipinski definition) is 0. The lowest BCUT2D eigenvalue weighted by Gasteiger charge is -2.68. The van der Waals surface area contributed by atoms with Gasteiger partial charge in [0, 0.05) is 25.7 Å². The number of rotatable bonds is 3. The van der Waals surface area contributed by atoms with Crippen molar-refractivity contribution in [2.75, 3.05) is 26.8 Å². The number of aliphatic imine (C=N–C) groups is 1. The summed E-state index contributed by atoms with van der Waals surface area (Å²) in [6.45, 7) is 3.89. The molecule has 3 fully saturated rings. The second-order valence-electron chi connectivity index (χ2n) is 8.91. The van der Waals surface area contributed by atoms with E-state index >= 15 is 0 Å². The molecule has 0 radical (unpaired) electrons. The van der Waals surface area contributed by atoms with E-state index in [2.05, 4.69) is 0 Å². The van der Waals surface area contributed by atoms with E-state index in [4.69, 9.17) is 14.5 Å². The highest BCUT2D eigenvalue weighted by molar-refractivity contribution is 6.10. The number of piperidine rings is 2. The Hall–Kier alpha value is -2.51. The largest absolute Gasteiger partial charge is 0.632 e. The highest BCUT2D eigenvalue weighted by Gasteiger charge is 2.76. The van der Waals surface area contributed by atoms with Gasteiger partial charge >= 0.3 is 11.9 Å². The molecule has 1 saturated carbocycles. The van der Waals surface area contributed by atoms with Gasteiger partial charge in [0.15, 0.2) is 0 Å². The molecule has 3 aliphatic heterocycles. The Kier molecular flexibility index (Phi) is 4.05. The molecule has 2 saturated heterocycles. The highest BCUT2D eigenvalue weighted by atomic mass is 16.6. The summed E-state index contributed by atoms with van der Waals surface area (Å²) in [4.78, 5) is 30.5. The molecule has 5 rings (SSSR count). The molecule has 7 nitrogen and oxygen atoms in total. The molecule has 5 atom stereocenters. The maximum atomic E-state index is 13.9. The highest BCUT2D eigenvalue weighted by Crippen LogP contribution is 2.67. The Morgan fingerprint density at radius 3 is 2.83 bits per heavy atom. The molecule has 0 aromatic heterocycles. The van der Waals surface area contributed by atoms with Crippen LogP contribution in [0.1, 0.15) is 32.3 Å². The fourth-order valence-electron chi connectivity index (χ4n) is 6.74. The van der Waals surface area contributed by atoms with Crippen molar-refractivity contribution in [3.63, 3.8) is 0 Å². The Morgan fingerprint density at radius 1 is 1.37 bits per heavy atom. The van der Waals surface area contributed by atoms with E-state index in [-0.39, 0.29) is 23.2 Å². The number of nitrogens with zero attached hydrogens (tertiary/aromatic N) is 2. The summed E-state index contributed by atoms with van der Waals surface area (Å²) in [6, 6.07) is 7.49. The van der Waals surface area contributed by atoms with Gasteiger partial charge in [0.05, 0.1) is 30.5 Å². The maximum absolute atomic E-state index is 13.9. The van der Waals surface area contributed by atoms with Gasteiger partial charge in [-0.05, 0) is 24.1 Å². The lowest BCUT2D eigenvalue weighted by Crippen LogP contribution is -2.79. The van der Waals surface area contributed by atoms with Crippen molar-refractivity contribution in [2.24, 2.45) is 16.3 Å². The zero-order valence-electron chi connectivity index (χ0n) is 17.5. The van der Waals surface area contributed by atoms with Crippen molar-refractivity contribution >= 4 is 23.3 Å². The number of para-hydroxylation sites is 1. The van der Waals surface area contributed by atoms with Crippen LogP contribution in [0.25, 0.3) is 0 Å². The van der Waals surface area contributed by atoms with Gasteiger partial charge in [0.1, 0.15) is 24.6 Å². The van der Waals surface area contributed by atoms with Gasteiger partial charge in [0.25, 0.3) is 0 Å². The monoisotopic (exact) mass is 410 g/mol. The summed E-state index contributed by atoms with van der Waals surface area (Å²) >= 11 is 0. The Bertz CT molecular complexity index is 1020. The summed E-state index contributed by atoms with van der Waals surface area (Å²) < 4.78 is 10.7. The van der Waals surface area contributed by atoms with Crippen LogP contribution < -0.4 is 0 Å². The topological polar surface area (TPSA) is 88.0 Å². The first kappa shape index (κ1) is 19.5. The summed E-state index contributed by atoms with van der Waals surface area (Å²) in [5, 5.41) is 13.9. The molecule has 30 heavy (non-hydrogen) atoms. The van der Waals surface area contributed by atoms with Crippen molar-refractivity contribution in [3.05, 3.63) is 46.7 Å². The first-order valence-electron chi connectivity index (χ1n) is 10.5. The molecule has 0 amide bonds. The molecule has 1 aromatic rings. The third-order valence-corrected chi connectivity index (χ3v) is 7.93. The van der Waals surface area contributed by atoms with Crippen LogP contribution in [0.5, 0.6) is 0 Å². The normalized spacial score (nSPS) is 39.2. The van der Waals surface area contributed by atoms with E-state index in [0.29, 0.717) is 25.9 Å². The Balaban J connectivity index is 1.85. The van der Waals surface area contributed by atoms with E-state index in [9.17, 15) is 14.8 Å². The van der Waals surface area contributed by atoms with Gasteiger partial charge in [0.2, 0.25) is 0 Å². The molecular formula is C23H26N2O5. The number of fused-ring (bicyclic) bond motifs is 2. The molecule has 1 aliphatic carbocycles. The van der Waals surface area contributed by atoms with Gasteiger partial charge in [-0.3, -0.25) is 14.6 Å². The number of hydroxylamine groups is 3. The van der Waals surface area contributed by atoms with Crippen molar-refractivity contribution in [3.8, 4) is 0 Å². The van der Waals surface area contributed by atoms with Crippen LogP contribution in [0.3, 0.4) is 0 Å². The second kappa shape index (κ2) is 6.25. The van der Waals surface area contributed by atoms with Crippen LogP contribution in [0.2, 0.25) is 0 Å². The zero-order valence-corrected chi connectivity index (χ0v) is 17.5. The summed E-state index contributed by atoms with van der Waals surface area (Å²) in [5.41, 5.74) is 1.50. The van der Waals surface area contributed by atoms with Gasteiger partial charge in [-0.1, -0.05) is 24.3 Å². The van der Waals surface area contributed by atoms with Crippen LogP contribution in [0.4, 0.5) is 5.69 Å².